The summed E-state index contributed by atoms with van der Waals surface area (Å²) in [6, 6.07) is 5.26. The third kappa shape index (κ3) is 2.95. The Morgan fingerprint density at radius 2 is 2.00 bits per heavy atom. The first-order valence-corrected chi connectivity index (χ1v) is 7.56. The van der Waals surface area contributed by atoms with Gasteiger partial charge in [-0.3, -0.25) is 4.79 Å². The van der Waals surface area contributed by atoms with Crippen LogP contribution in [-0.4, -0.2) is 30.2 Å². The predicted molar refractivity (Wildman–Crippen MR) is 82.8 cm³/mol. The highest BCUT2D eigenvalue weighted by molar-refractivity contribution is 7.80. The van der Waals surface area contributed by atoms with E-state index in [1.165, 1.54) is 0 Å². The molecule has 112 valence electrons. The van der Waals surface area contributed by atoms with Crippen LogP contribution in [0.5, 0.6) is 11.5 Å². The van der Waals surface area contributed by atoms with Crippen molar-refractivity contribution >= 4 is 23.1 Å². The maximum Gasteiger partial charge on any atom is 0.251 e. The number of amides is 1. The minimum atomic E-state index is -0.125. The lowest BCUT2D eigenvalue weighted by atomic mass is 10.0. The van der Waals surface area contributed by atoms with Crippen molar-refractivity contribution in [3.8, 4) is 11.5 Å². The van der Waals surface area contributed by atoms with Crippen molar-refractivity contribution in [1.29, 1.82) is 0 Å². The van der Waals surface area contributed by atoms with Gasteiger partial charge in [0.05, 0.1) is 4.99 Å². The largest absolute Gasteiger partial charge is 0.486 e. The Hall–Kier alpha value is -1.82. The van der Waals surface area contributed by atoms with E-state index in [1.807, 2.05) is 0 Å². The molecule has 2 unspecified atom stereocenters. The average molecular weight is 306 g/mol. The molecule has 5 nitrogen and oxygen atoms in total. The van der Waals surface area contributed by atoms with Crippen LogP contribution in [0.4, 0.5) is 0 Å². The number of nitrogens with one attached hydrogen (secondary N) is 1. The van der Waals surface area contributed by atoms with E-state index in [0.717, 1.165) is 19.3 Å². The SMILES string of the molecule is NC(=S)C1CCCC1NC(=O)c1ccc2c(c1)OCCO2. The van der Waals surface area contributed by atoms with Crippen LogP contribution in [0.1, 0.15) is 29.6 Å². The number of rotatable bonds is 3. The second-order valence-corrected chi connectivity index (χ2v) is 5.85. The molecule has 2 aliphatic rings. The first-order valence-electron chi connectivity index (χ1n) is 7.15. The summed E-state index contributed by atoms with van der Waals surface area (Å²) in [6.45, 7) is 1.04. The number of benzene rings is 1. The van der Waals surface area contributed by atoms with Crippen LogP contribution >= 0.6 is 12.2 Å². The zero-order valence-electron chi connectivity index (χ0n) is 11.6. The third-order valence-electron chi connectivity index (χ3n) is 4.00. The highest BCUT2D eigenvalue weighted by atomic mass is 32.1. The smallest absolute Gasteiger partial charge is 0.251 e. The molecule has 0 spiro atoms. The van der Waals surface area contributed by atoms with Crippen molar-refractivity contribution in [2.75, 3.05) is 13.2 Å². The molecule has 1 amide bonds. The maximum atomic E-state index is 12.4. The molecule has 1 aliphatic carbocycles. The summed E-state index contributed by atoms with van der Waals surface area (Å²) in [5.41, 5.74) is 6.30. The second kappa shape index (κ2) is 5.89. The topological polar surface area (TPSA) is 73.6 Å². The lowest BCUT2D eigenvalue weighted by molar-refractivity contribution is 0.0932. The average Bonchev–Trinajstić information content (AvgIpc) is 2.95. The third-order valence-corrected chi connectivity index (χ3v) is 4.31. The monoisotopic (exact) mass is 306 g/mol. The predicted octanol–water partition coefficient (Wildman–Crippen LogP) is 1.64. The summed E-state index contributed by atoms with van der Waals surface area (Å²) in [5, 5.41) is 3.03. The Labute approximate surface area is 128 Å². The van der Waals surface area contributed by atoms with E-state index >= 15 is 0 Å². The summed E-state index contributed by atoms with van der Waals surface area (Å²) < 4.78 is 10.9. The Balaban J connectivity index is 1.72. The number of nitrogens with two attached hydrogens (primary N) is 1. The summed E-state index contributed by atoms with van der Waals surface area (Å²) in [6.07, 6.45) is 2.90. The fourth-order valence-corrected chi connectivity index (χ4v) is 3.19. The van der Waals surface area contributed by atoms with Gasteiger partial charge in [0, 0.05) is 17.5 Å². The normalized spacial score (nSPS) is 23.6. The van der Waals surface area contributed by atoms with Gasteiger partial charge in [-0.05, 0) is 31.0 Å². The molecule has 1 fully saturated rings. The van der Waals surface area contributed by atoms with Crippen LogP contribution in [0.25, 0.3) is 0 Å². The Morgan fingerprint density at radius 3 is 2.76 bits per heavy atom. The molecule has 1 saturated carbocycles. The van der Waals surface area contributed by atoms with Gasteiger partial charge in [0.15, 0.2) is 11.5 Å². The summed E-state index contributed by atoms with van der Waals surface area (Å²) in [4.78, 5) is 12.8. The van der Waals surface area contributed by atoms with E-state index in [2.05, 4.69) is 5.32 Å². The summed E-state index contributed by atoms with van der Waals surface area (Å²) in [5.74, 6) is 1.27. The van der Waals surface area contributed by atoms with E-state index in [4.69, 9.17) is 27.4 Å². The lowest BCUT2D eigenvalue weighted by Gasteiger charge is -2.21. The summed E-state index contributed by atoms with van der Waals surface area (Å²) in [7, 11) is 0. The fraction of sp³-hybridized carbons (Fsp3) is 0.467. The van der Waals surface area contributed by atoms with Crippen molar-refractivity contribution in [2.24, 2.45) is 11.7 Å². The molecule has 3 rings (SSSR count). The molecule has 3 N–H and O–H groups in total. The molecule has 1 aliphatic heterocycles. The highest BCUT2D eigenvalue weighted by Gasteiger charge is 2.30. The Bertz CT molecular complexity index is 576. The van der Waals surface area contributed by atoms with Crippen molar-refractivity contribution in [2.45, 2.75) is 25.3 Å². The molecular weight excluding hydrogens is 288 g/mol. The van der Waals surface area contributed by atoms with E-state index in [0.29, 0.717) is 35.3 Å². The number of hydrogen-bond donors (Lipinski definition) is 2. The van der Waals surface area contributed by atoms with Crippen LogP contribution in [-0.2, 0) is 0 Å². The van der Waals surface area contributed by atoms with Crippen LogP contribution in [0, 0.1) is 5.92 Å². The summed E-state index contributed by atoms with van der Waals surface area (Å²) >= 11 is 5.07. The molecule has 21 heavy (non-hydrogen) atoms. The van der Waals surface area contributed by atoms with Gasteiger partial charge in [0.1, 0.15) is 13.2 Å². The quantitative estimate of drug-likeness (QED) is 0.831. The van der Waals surface area contributed by atoms with Gasteiger partial charge in [0.2, 0.25) is 0 Å². The van der Waals surface area contributed by atoms with Gasteiger partial charge in [-0.1, -0.05) is 18.6 Å². The van der Waals surface area contributed by atoms with Gasteiger partial charge in [-0.25, -0.2) is 0 Å². The minimum absolute atomic E-state index is 0.0307. The van der Waals surface area contributed by atoms with Crippen molar-refractivity contribution in [3.63, 3.8) is 0 Å². The minimum Gasteiger partial charge on any atom is -0.486 e. The number of ether oxygens (including phenoxy) is 2. The molecule has 0 radical (unpaired) electrons. The number of fused-ring (bicyclic) bond motifs is 1. The van der Waals surface area contributed by atoms with Crippen LogP contribution in [0.3, 0.4) is 0 Å². The molecule has 0 saturated heterocycles. The lowest BCUT2D eigenvalue weighted by Crippen LogP contribution is -2.41. The van der Waals surface area contributed by atoms with Crippen LogP contribution < -0.4 is 20.5 Å². The number of carbonyl (C=O) groups is 1. The van der Waals surface area contributed by atoms with Gasteiger partial charge >= 0.3 is 0 Å². The van der Waals surface area contributed by atoms with Crippen LogP contribution in [0.2, 0.25) is 0 Å². The van der Waals surface area contributed by atoms with Crippen molar-refractivity contribution in [3.05, 3.63) is 23.8 Å². The maximum absolute atomic E-state index is 12.4. The molecule has 0 bridgehead atoms. The fourth-order valence-electron chi connectivity index (χ4n) is 2.91. The Morgan fingerprint density at radius 1 is 1.24 bits per heavy atom. The van der Waals surface area contributed by atoms with Gasteiger partial charge in [-0.15, -0.1) is 0 Å². The molecule has 6 heteroatoms. The molecular formula is C15H18N2O3S. The molecule has 1 aromatic carbocycles. The molecule has 1 aromatic rings. The van der Waals surface area contributed by atoms with Crippen molar-refractivity contribution < 1.29 is 14.3 Å². The zero-order valence-corrected chi connectivity index (χ0v) is 12.4. The first kappa shape index (κ1) is 14.1. The second-order valence-electron chi connectivity index (χ2n) is 5.38. The molecule has 0 aromatic heterocycles. The number of hydrogen-bond acceptors (Lipinski definition) is 4. The number of carbonyl (C=O) groups excluding carboxylic acids is 1. The van der Waals surface area contributed by atoms with Gasteiger partial charge in [0.25, 0.3) is 5.91 Å². The van der Waals surface area contributed by atoms with E-state index in [1.54, 1.807) is 18.2 Å². The first-order chi connectivity index (χ1) is 10.1. The van der Waals surface area contributed by atoms with E-state index in [9.17, 15) is 4.79 Å². The standard InChI is InChI=1S/C15H18N2O3S/c16-14(21)10-2-1-3-11(10)17-15(18)9-4-5-12-13(8-9)20-7-6-19-12/h4-5,8,10-11H,1-3,6-7H2,(H2,16,21)(H,17,18). The Kier molecular flexibility index (Phi) is 3.96. The molecule has 2 atom stereocenters. The number of thiocarbonyl (C=S) groups is 1. The van der Waals surface area contributed by atoms with E-state index < -0.39 is 0 Å². The van der Waals surface area contributed by atoms with Gasteiger partial charge in [-0.2, -0.15) is 0 Å². The highest BCUT2D eigenvalue weighted by Crippen LogP contribution is 2.31. The van der Waals surface area contributed by atoms with Crippen molar-refractivity contribution in [1.82, 2.24) is 5.32 Å². The molecule has 1 heterocycles. The van der Waals surface area contributed by atoms with Crippen LogP contribution in [0.15, 0.2) is 18.2 Å². The zero-order chi connectivity index (χ0) is 14.8. The van der Waals surface area contributed by atoms with E-state index in [-0.39, 0.29) is 17.9 Å². The van der Waals surface area contributed by atoms with Gasteiger partial charge < -0.3 is 20.5 Å².